The van der Waals surface area contributed by atoms with Crippen molar-refractivity contribution >= 4 is 17.5 Å². The van der Waals surface area contributed by atoms with Crippen LogP contribution >= 0.6 is 0 Å². The standard InChI is InChI=1S/C20H27FN6/c1-22-20(24-12-14-26(2)17-7-4-3-5-8-17)25-16-10-13-27(15-16)19-18(21)9-6-11-23-19/h3-9,11,16H,10,12-15H2,1-2H3,(H2,22,24,25). The van der Waals surface area contributed by atoms with Crippen molar-refractivity contribution in [3.05, 3.63) is 54.5 Å². The number of halogens is 1. The number of pyridine rings is 1. The van der Waals surface area contributed by atoms with Crippen LogP contribution in [0.1, 0.15) is 6.42 Å². The molecule has 0 amide bonds. The first-order valence-electron chi connectivity index (χ1n) is 9.26. The van der Waals surface area contributed by atoms with Crippen LogP contribution in [0.15, 0.2) is 53.7 Å². The maximum absolute atomic E-state index is 13.9. The number of hydrogen-bond acceptors (Lipinski definition) is 4. The van der Waals surface area contributed by atoms with Gasteiger partial charge in [-0.3, -0.25) is 4.99 Å². The third-order valence-electron chi connectivity index (χ3n) is 4.73. The van der Waals surface area contributed by atoms with Crippen LogP contribution in [0.5, 0.6) is 0 Å². The van der Waals surface area contributed by atoms with Gasteiger partial charge in [-0.15, -0.1) is 0 Å². The molecular weight excluding hydrogens is 343 g/mol. The van der Waals surface area contributed by atoms with Gasteiger partial charge in [-0.2, -0.15) is 0 Å². The highest BCUT2D eigenvalue weighted by Gasteiger charge is 2.25. The van der Waals surface area contributed by atoms with Gasteiger partial charge >= 0.3 is 0 Å². The molecule has 1 aromatic heterocycles. The highest BCUT2D eigenvalue weighted by Crippen LogP contribution is 2.20. The summed E-state index contributed by atoms with van der Waals surface area (Å²) in [6, 6.07) is 13.6. The van der Waals surface area contributed by atoms with E-state index >= 15 is 0 Å². The van der Waals surface area contributed by atoms with Gasteiger partial charge in [-0.05, 0) is 30.7 Å². The summed E-state index contributed by atoms with van der Waals surface area (Å²) < 4.78 is 13.9. The lowest BCUT2D eigenvalue weighted by molar-refractivity contribution is 0.612. The van der Waals surface area contributed by atoms with Gasteiger partial charge in [0.25, 0.3) is 0 Å². The Morgan fingerprint density at radius 1 is 1.30 bits per heavy atom. The molecule has 0 aliphatic carbocycles. The predicted molar refractivity (Wildman–Crippen MR) is 109 cm³/mol. The molecule has 1 fully saturated rings. The number of nitrogens with one attached hydrogen (secondary N) is 2. The zero-order chi connectivity index (χ0) is 19.1. The topological polar surface area (TPSA) is 55.8 Å². The number of hydrogen-bond donors (Lipinski definition) is 2. The van der Waals surface area contributed by atoms with Crippen molar-refractivity contribution in [2.45, 2.75) is 12.5 Å². The summed E-state index contributed by atoms with van der Waals surface area (Å²) in [5.74, 6) is 0.920. The first-order valence-corrected chi connectivity index (χ1v) is 9.26. The van der Waals surface area contributed by atoms with Crippen molar-refractivity contribution in [2.24, 2.45) is 4.99 Å². The number of benzene rings is 1. The van der Waals surface area contributed by atoms with Crippen LogP contribution in [0.4, 0.5) is 15.9 Å². The SMILES string of the molecule is CN=C(NCCN(C)c1ccccc1)NC1CCN(c2ncccc2F)C1. The third-order valence-corrected chi connectivity index (χ3v) is 4.73. The van der Waals surface area contributed by atoms with E-state index < -0.39 is 0 Å². The largest absolute Gasteiger partial charge is 0.373 e. The molecule has 0 saturated carbocycles. The van der Waals surface area contributed by atoms with Crippen molar-refractivity contribution < 1.29 is 4.39 Å². The summed E-state index contributed by atoms with van der Waals surface area (Å²) in [6.45, 7) is 3.12. The molecule has 1 aliphatic heterocycles. The molecule has 2 heterocycles. The Balaban J connectivity index is 1.45. The minimum absolute atomic E-state index is 0.212. The number of aromatic nitrogens is 1. The lowest BCUT2D eigenvalue weighted by Gasteiger charge is -2.22. The summed E-state index contributed by atoms with van der Waals surface area (Å²) in [4.78, 5) is 12.6. The van der Waals surface area contributed by atoms with Gasteiger partial charge in [0.05, 0.1) is 0 Å². The predicted octanol–water partition coefficient (Wildman–Crippen LogP) is 2.10. The maximum atomic E-state index is 13.9. The second-order valence-electron chi connectivity index (χ2n) is 6.64. The van der Waals surface area contributed by atoms with E-state index in [9.17, 15) is 4.39 Å². The summed E-state index contributed by atoms with van der Waals surface area (Å²) in [5.41, 5.74) is 1.19. The number of guanidine groups is 1. The molecule has 1 saturated heterocycles. The number of anilines is 2. The van der Waals surface area contributed by atoms with Crippen LogP contribution in [-0.4, -0.2) is 57.3 Å². The van der Waals surface area contributed by atoms with Crippen molar-refractivity contribution in [3.63, 3.8) is 0 Å². The Labute approximate surface area is 160 Å². The van der Waals surface area contributed by atoms with E-state index in [2.05, 4.69) is 44.7 Å². The summed E-state index contributed by atoms with van der Waals surface area (Å²) in [5, 5.41) is 6.78. The Kier molecular flexibility index (Phi) is 6.46. The van der Waals surface area contributed by atoms with E-state index in [1.54, 1.807) is 19.3 Å². The summed E-state index contributed by atoms with van der Waals surface area (Å²) in [7, 11) is 3.84. The molecule has 6 nitrogen and oxygen atoms in total. The second kappa shape index (κ2) is 9.21. The van der Waals surface area contributed by atoms with E-state index in [0.29, 0.717) is 12.4 Å². The molecule has 7 heteroatoms. The molecule has 27 heavy (non-hydrogen) atoms. The van der Waals surface area contributed by atoms with Crippen molar-refractivity contribution in [2.75, 3.05) is 50.1 Å². The fourth-order valence-corrected chi connectivity index (χ4v) is 3.22. The average molecular weight is 370 g/mol. The number of rotatable bonds is 6. The fraction of sp³-hybridized carbons (Fsp3) is 0.400. The monoisotopic (exact) mass is 370 g/mol. The van der Waals surface area contributed by atoms with Gasteiger partial charge in [0.15, 0.2) is 17.6 Å². The van der Waals surface area contributed by atoms with Crippen molar-refractivity contribution in [3.8, 4) is 0 Å². The van der Waals surface area contributed by atoms with Crippen molar-refractivity contribution in [1.29, 1.82) is 0 Å². The Hall–Kier alpha value is -2.83. The van der Waals surface area contributed by atoms with Crippen LogP contribution in [0.25, 0.3) is 0 Å². The minimum Gasteiger partial charge on any atom is -0.373 e. The van der Waals surface area contributed by atoms with Gasteiger partial charge in [-0.25, -0.2) is 9.37 Å². The second-order valence-corrected chi connectivity index (χ2v) is 6.64. The van der Waals surface area contributed by atoms with E-state index in [1.165, 1.54) is 11.8 Å². The third kappa shape index (κ3) is 5.09. The van der Waals surface area contributed by atoms with Crippen LogP contribution in [0, 0.1) is 5.82 Å². The molecule has 144 valence electrons. The molecule has 1 aliphatic rings. The Bertz CT molecular complexity index is 751. The minimum atomic E-state index is -0.274. The summed E-state index contributed by atoms with van der Waals surface area (Å²) >= 11 is 0. The van der Waals surface area contributed by atoms with Crippen LogP contribution in [0.2, 0.25) is 0 Å². The van der Waals surface area contributed by atoms with E-state index in [4.69, 9.17) is 0 Å². The number of aliphatic imine (C=N–C) groups is 1. The maximum Gasteiger partial charge on any atom is 0.191 e. The van der Waals surface area contributed by atoms with Crippen LogP contribution < -0.4 is 20.4 Å². The lowest BCUT2D eigenvalue weighted by Crippen LogP contribution is -2.46. The van der Waals surface area contributed by atoms with Crippen LogP contribution in [-0.2, 0) is 0 Å². The fourth-order valence-electron chi connectivity index (χ4n) is 3.22. The zero-order valence-electron chi connectivity index (χ0n) is 15.9. The molecule has 3 rings (SSSR count). The Morgan fingerprint density at radius 2 is 2.11 bits per heavy atom. The average Bonchev–Trinajstić information content (AvgIpc) is 3.16. The number of likely N-dealkylation sites (N-methyl/N-ethyl adjacent to an activating group) is 1. The smallest absolute Gasteiger partial charge is 0.191 e. The number of para-hydroxylation sites is 1. The molecule has 0 radical (unpaired) electrons. The van der Waals surface area contributed by atoms with E-state index in [-0.39, 0.29) is 11.9 Å². The zero-order valence-corrected chi connectivity index (χ0v) is 15.9. The Morgan fingerprint density at radius 3 is 2.85 bits per heavy atom. The molecule has 1 unspecified atom stereocenters. The molecule has 2 N–H and O–H groups in total. The molecule has 1 atom stereocenters. The normalized spacial score (nSPS) is 17.1. The molecule has 0 spiro atoms. The first kappa shape index (κ1) is 18.9. The first-order chi connectivity index (χ1) is 13.2. The van der Waals surface area contributed by atoms with E-state index in [1.807, 2.05) is 23.1 Å². The van der Waals surface area contributed by atoms with Crippen molar-refractivity contribution in [1.82, 2.24) is 15.6 Å². The highest BCUT2D eigenvalue weighted by atomic mass is 19.1. The van der Waals surface area contributed by atoms with Crippen LogP contribution in [0.3, 0.4) is 0 Å². The van der Waals surface area contributed by atoms with Gasteiger partial charge < -0.3 is 20.4 Å². The quantitative estimate of drug-likeness (QED) is 0.603. The molecule has 0 bridgehead atoms. The molecular formula is C20H27FN6. The van der Waals surface area contributed by atoms with E-state index in [0.717, 1.165) is 32.0 Å². The lowest BCUT2D eigenvalue weighted by atomic mass is 10.3. The van der Waals surface area contributed by atoms with Gasteiger partial charge in [0.1, 0.15) is 0 Å². The molecule has 2 aromatic rings. The van der Waals surface area contributed by atoms with Gasteiger partial charge in [-0.1, -0.05) is 18.2 Å². The molecule has 1 aromatic carbocycles. The van der Waals surface area contributed by atoms with Gasteiger partial charge in [0, 0.05) is 58.2 Å². The highest BCUT2D eigenvalue weighted by molar-refractivity contribution is 5.80. The number of nitrogens with zero attached hydrogens (tertiary/aromatic N) is 4. The summed E-state index contributed by atoms with van der Waals surface area (Å²) in [6.07, 6.45) is 2.55. The van der Waals surface area contributed by atoms with Gasteiger partial charge in [0.2, 0.25) is 0 Å².